The van der Waals surface area contributed by atoms with Crippen LogP contribution in [0.3, 0.4) is 0 Å². The third-order valence-electron chi connectivity index (χ3n) is 4.10. The highest BCUT2D eigenvalue weighted by Gasteiger charge is 2.11. The normalized spacial score (nSPS) is 10.5. The van der Waals surface area contributed by atoms with Crippen LogP contribution in [0, 0.1) is 0 Å². The molecule has 0 aliphatic heterocycles. The molecule has 0 aliphatic rings. The Kier molecular flexibility index (Phi) is 6.53. The van der Waals surface area contributed by atoms with E-state index in [1.165, 1.54) is 5.56 Å². The molecule has 0 fully saturated rings. The lowest BCUT2D eigenvalue weighted by Crippen LogP contribution is -2.14. The number of hydrogen-bond donors (Lipinski definition) is 1. The average molecular weight is 368 g/mol. The first-order chi connectivity index (χ1) is 12.8. The van der Waals surface area contributed by atoms with Crippen molar-refractivity contribution in [3.63, 3.8) is 0 Å². The van der Waals surface area contributed by atoms with E-state index in [0.717, 1.165) is 29.2 Å². The molecule has 0 radical (unpaired) electrons. The first-order valence-electron chi connectivity index (χ1n) is 8.54. The average Bonchev–Trinajstić information content (AvgIpc) is 2.68. The molecule has 0 aromatic heterocycles. The molecule has 0 saturated carbocycles. The third kappa shape index (κ3) is 4.78. The van der Waals surface area contributed by atoms with Gasteiger partial charge in [-0.05, 0) is 17.7 Å². The molecule has 1 N–H and O–H groups in total. The summed E-state index contributed by atoms with van der Waals surface area (Å²) in [6, 6.07) is 23.9. The molecular formula is C22H22ClNO2. The number of halogens is 1. The van der Waals surface area contributed by atoms with Gasteiger partial charge in [0, 0.05) is 29.2 Å². The predicted molar refractivity (Wildman–Crippen MR) is 106 cm³/mol. The maximum absolute atomic E-state index is 6.23. The number of benzene rings is 3. The lowest BCUT2D eigenvalue weighted by atomic mass is 10.1. The Balaban J connectivity index is 1.70. The van der Waals surface area contributed by atoms with Gasteiger partial charge in [-0.15, -0.1) is 0 Å². The van der Waals surface area contributed by atoms with Crippen molar-refractivity contribution in [1.82, 2.24) is 5.32 Å². The van der Waals surface area contributed by atoms with E-state index in [-0.39, 0.29) is 0 Å². The summed E-state index contributed by atoms with van der Waals surface area (Å²) >= 11 is 6.23. The summed E-state index contributed by atoms with van der Waals surface area (Å²) in [5, 5.41) is 4.16. The van der Waals surface area contributed by atoms with Crippen LogP contribution in [-0.4, -0.2) is 7.11 Å². The lowest BCUT2D eigenvalue weighted by Gasteiger charge is -2.16. The van der Waals surface area contributed by atoms with Gasteiger partial charge in [0.05, 0.1) is 7.11 Å². The first-order valence-corrected chi connectivity index (χ1v) is 8.92. The van der Waals surface area contributed by atoms with Gasteiger partial charge in [0.25, 0.3) is 0 Å². The second-order valence-electron chi connectivity index (χ2n) is 5.92. The van der Waals surface area contributed by atoms with Crippen LogP contribution >= 0.6 is 11.6 Å². The number of methoxy groups -OCH3 is 1. The highest BCUT2D eigenvalue weighted by molar-refractivity contribution is 6.31. The van der Waals surface area contributed by atoms with Crippen molar-refractivity contribution in [2.45, 2.75) is 19.7 Å². The maximum atomic E-state index is 6.23. The highest BCUT2D eigenvalue weighted by Crippen LogP contribution is 2.32. The van der Waals surface area contributed by atoms with Crippen LogP contribution < -0.4 is 14.8 Å². The summed E-state index contributed by atoms with van der Waals surface area (Å²) in [7, 11) is 1.65. The van der Waals surface area contributed by atoms with E-state index in [1.54, 1.807) is 7.11 Å². The summed E-state index contributed by atoms with van der Waals surface area (Å²) in [4.78, 5) is 0. The summed E-state index contributed by atoms with van der Waals surface area (Å²) in [5.41, 5.74) is 3.24. The van der Waals surface area contributed by atoms with E-state index in [2.05, 4.69) is 17.4 Å². The fourth-order valence-corrected chi connectivity index (χ4v) is 2.92. The van der Waals surface area contributed by atoms with E-state index in [1.807, 2.05) is 60.7 Å². The van der Waals surface area contributed by atoms with Crippen LogP contribution in [-0.2, 0) is 19.7 Å². The van der Waals surface area contributed by atoms with E-state index >= 15 is 0 Å². The Morgan fingerprint density at radius 3 is 2.31 bits per heavy atom. The Morgan fingerprint density at radius 2 is 1.54 bits per heavy atom. The molecule has 0 aliphatic carbocycles. The molecular weight excluding hydrogens is 346 g/mol. The van der Waals surface area contributed by atoms with Gasteiger partial charge in [0.1, 0.15) is 6.61 Å². The molecule has 0 atom stereocenters. The molecule has 4 heteroatoms. The minimum atomic E-state index is 0.395. The molecule has 134 valence electrons. The number of nitrogens with one attached hydrogen (secondary N) is 1. The highest BCUT2D eigenvalue weighted by atomic mass is 35.5. The smallest absolute Gasteiger partial charge is 0.166 e. The Bertz CT molecular complexity index is 837. The lowest BCUT2D eigenvalue weighted by molar-refractivity contribution is 0.280. The molecule has 0 amide bonds. The van der Waals surface area contributed by atoms with Gasteiger partial charge >= 0.3 is 0 Å². The number of hydrogen-bond acceptors (Lipinski definition) is 3. The minimum absolute atomic E-state index is 0.395. The van der Waals surface area contributed by atoms with Crippen LogP contribution in [0.15, 0.2) is 72.8 Å². The van der Waals surface area contributed by atoms with Gasteiger partial charge in [0.2, 0.25) is 0 Å². The van der Waals surface area contributed by atoms with Gasteiger partial charge in [-0.2, -0.15) is 0 Å². The molecule has 0 saturated heterocycles. The molecule has 0 bridgehead atoms. The van der Waals surface area contributed by atoms with Crippen LogP contribution in [0.25, 0.3) is 0 Å². The quantitative estimate of drug-likeness (QED) is 0.592. The molecule has 0 heterocycles. The van der Waals surface area contributed by atoms with Gasteiger partial charge in [0.15, 0.2) is 11.5 Å². The molecule has 0 unspecified atom stereocenters. The van der Waals surface area contributed by atoms with Crippen molar-refractivity contribution in [3.8, 4) is 11.5 Å². The standard InChI is InChI=1S/C22H22ClNO2/c1-25-21-13-7-11-18(15-24-14-17-8-3-2-4-9-17)22(21)26-16-19-10-5-6-12-20(19)23/h2-13,24H,14-16H2,1H3. The molecule has 3 rings (SSSR count). The van der Waals surface area contributed by atoms with Gasteiger partial charge in [-0.1, -0.05) is 72.3 Å². The second-order valence-corrected chi connectivity index (χ2v) is 6.32. The molecule has 3 aromatic rings. The summed E-state index contributed by atoms with van der Waals surface area (Å²) in [6.45, 7) is 1.87. The zero-order valence-corrected chi connectivity index (χ0v) is 15.5. The van der Waals surface area contributed by atoms with Gasteiger partial charge in [-0.3, -0.25) is 0 Å². The van der Waals surface area contributed by atoms with Crippen LogP contribution in [0.5, 0.6) is 11.5 Å². The van der Waals surface area contributed by atoms with Crippen LogP contribution in [0.4, 0.5) is 0 Å². The fraction of sp³-hybridized carbons (Fsp3) is 0.182. The summed E-state index contributed by atoms with van der Waals surface area (Å²) < 4.78 is 11.6. The van der Waals surface area contributed by atoms with E-state index in [4.69, 9.17) is 21.1 Å². The largest absolute Gasteiger partial charge is 0.493 e. The van der Waals surface area contributed by atoms with E-state index in [0.29, 0.717) is 18.2 Å². The van der Waals surface area contributed by atoms with Crippen molar-refractivity contribution in [2.75, 3.05) is 7.11 Å². The number of ether oxygens (including phenoxy) is 2. The zero-order chi connectivity index (χ0) is 18.2. The first kappa shape index (κ1) is 18.3. The summed E-state index contributed by atoms with van der Waals surface area (Å²) in [5.74, 6) is 1.46. The Hall–Kier alpha value is -2.49. The zero-order valence-electron chi connectivity index (χ0n) is 14.7. The Morgan fingerprint density at radius 1 is 0.808 bits per heavy atom. The molecule has 3 nitrogen and oxygen atoms in total. The predicted octanol–water partition coefficient (Wildman–Crippen LogP) is 5.22. The van der Waals surface area contributed by atoms with Gasteiger partial charge in [-0.25, -0.2) is 0 Å². The monoisotopic (exact) mass is 367 g/mol. The fourth-order valence-electron chi connectivity index (χ4n) is 2.73. The topological polar surface area (TPSA) is 30.5 Å². The SMILES string of the molecule is COc1cccc(CNCc2ccccc2)c1OCc1ccccc1Cl. The van der Waals surface area contributed by atoms with Crippen molar-refractivity contribution < 1.29 is 9.47 Å². The second kappa shape index (κ2) is 9.27. The minimum Gasteiger partial charge on any atom is -0.493 e. The van der Waals surface area contributed by atoms with Crippen LogP contribution in [0.2, 0.25) is 5.02 Å². The van der Waals surface area contributed by atoms with Gasteiger partial charge < -0.3 is 14.8 Å². The molecule has 0 spiro atoms. The van der Waals surface area contributed by atoms with Crippen molar-refractivity contribution >= 4 is 11.6 Å². The summed E-state index contributed by atoms with van der Waals surface area (Å²) in [6.07, 6.45) is 0. The van der Waals surface area contributed by atoms with Crippen molar-refractivity contribution in [3.05, 3.63) is 94.5 Å². The molecule has 3 aromatic carbocycles. The number of rotatable bonds is 8. The van der Waals surface area contributed by atoms with Crippen molar-refractivity contribution in [1.29, 1.82) is 0 Å². The maximum Gasteiger partial charge on any atom is 0.166 e. The third-order valence-corrected chi connectivity index (χ3v) is 4.47. The van der Waals surface area contributed by atoms with Crippen molar-refractivity contribution in [2.24, 2.45) is 0 Å². The Labute approximate surface area is 159 Å². The van der Waals surface area contributed by atoms with Crippen LogP contribution in [0.1, 0.15) is 16.7 Å². The van der Waals surface area contributed by atoms with E-state index < -0.39 is 0 Å². The number of para-hydroxylation sites is 1. The molecule has 26 heavy (non-hydrogen) atoms. The van der Waals surface area contributed by atoms with E-state index in [9.17, 15) is 0 Å².